The van der Waals surface area contributed by atoms with Crippen LogP contribution in [0.4, 0.5) is 0 Å². The van der Waals surface area contributed by atoms with Crippen molar-refractivity contribution in [1.82, 2.24) is 9.62 Å². The lowest BCUT2D eigenvalue weighted by Crippen LogP contribution is -2.32. The Morgan fingerprint density at radius 1 is 1.33 bits per heavy atom. The summed E-state index contributed by atoms with van der Waals surface area (Å²) < 4.78 is 27.7. The van der Waals surface area contributed by atoms with E-state index in [1.54, 1.807) is 30.0 Å². The van der Waals surface area contributed by atoms with Gasteiger partial charge in [-0.25, -0.2) is 13.1 Å². The Morgan fingerprint density at radius 2 is 2.00 bits per heavy atom. The summed E-state index contributed by atoms with van der Waals surface area (Å²) in [5.74, 6) is 0.0150. The maximum atomic E-state index is 12.3. The zero-order chi connectivity index (χ0) is 15.5. The van der Waals surface area contributed by atoms with E-state index in [0.29, 0.717) is 10.0 Å². The Labute approximate surface area is 133 Å². The SMILES string of the molecule is Cc1ccc(Br)cc1S(=O)(=O)NCCC(=O)N1CCCC1. The third kappa shape index (κ3) is 4.28. The highest BCUT2D eigenvalue weighted by atomic mass is 79.9. The van der Waals surface area contributed by atoms with Gasteiger partial charge in [-0.3, -0.25) is 4.79 Å². The van der Waals surface area contributed by atoms with Gasteiger partial charge in [0, 0.05) is 30.5 Å². The summed E-state index contributed by atoms with van der Waals surface area (Å²) in [6.07, 6.45) is 2.27. The maximum Gasteiger partial charge on any atom is 0.240 e. The third-order valence-corrected chi connectivity index (χ3v) is 5.63. The highest BCUT2D eigenvalue weighted by Gasteiger charge is 2.20. The molecule has 1 aliphatic rings. The number of sulfonamides is 1. The normalized spacial score (nSPS) is 15.4. The number of rotatable bonds is 5. The van der Waals surface area contributed by atoms with Gasteiger partial charge in [0.05, 0.1) is 4.90 Å². The van der Waals surface area contributed by atoms with Gasteiger partial charge in [-0.05, 0) is 37.5 Å². The van der Waals surface area contributed by atoms with Gasteiger partial charge in [0.15, 0.2) is 0 Å². The van der Waals surface area contributed by atoms with Gasteiger partial charge in [0.25, 0.3) is 0 Å². The number of nitrogens with zero attached hydrogens (tertiary/aromatic N) is 1. The Hall–Kier alpha value is -0.920. The van der Waals surface area contributed by atoms with Crippen LogP contribution < -0.4 is 4.72 Å². The van der Waals surface area contributed by atoms with Crippen LogP contribution in [0.5, 0.6) is 0 Å². The second kappa shape index (κ2) is 6.89. The van der Waals surface area contributed by atoms with Gasteiger partial charge >= 0.3 is 0 Å². The van der Waals surface area contributed by atoms with Crippen molar-refractivity contribution in [2.45, 2.75) is 31.1 Å². The Balaban J connectivity index is 1.95. The van der Waals surface area contributed by atoms with E-state index < -0.39 is 10.0 Å². The number of hydrogen-bond donors (Lipinski definition) is 1. The fraction of sp³-hybridized carbons (Fsp3) is 0.500. The molecule has 0 spiro atoms. The minimum Gasteiger partial charge on any atom is -0.343 e. The number of nitrogens with one attached hydrogen (secondary N) is 1. The van der Waals surface area contributed by atoms with Crippen LogP contribution in [-0.4, -0.2) is 38.9 Å². The standard InChI is InChI=1S/C14H19BrN2O3S/c1-11-4-5-12(15)10-13(11)21(19,20)16-7-6-14(18)17-8-2-3-9-17/h4-5,10,16H,2-3,6-9H2,1H3. The predicted molar refractivity (Wildman–Crippen MR) is 84.5 cm³/mol. The first-order valence-corrected chi connectivity index (χ1v) is 9.21. The summed E-state index contributed by atoms with van der Waals surface area (Å²) in [6.45, 7) is 3.45. The van der Waals surface area contributed by atoms with Gasteiger partial charge in [-0.15, -0.1) is 0 Å². The van der Waals surface area contributed by atoms with Crippen LogP contribution in [0.3, 0.4) is 0 Å². The molecule has 7 heteroatoms. The number of carbonyl (C=O) groups excluding carboxylic acids is 1. The second-order valence-electron chi connectivity index (χ2n) is 5.15. The molecule has 0 atom stereocenters. The molecule has 0 aliphatic carbocycles. The van der Waals surface area contributed by atoms with Crippen LogP contribution in [0.2, 0.25) is 0 Å². The largest absolute Gasteiger partial charge is 0.343 e. The second-order valence-corrected chi connectivity index (χ2v) is 7.80. The molecule has 21 heavy (non-hydrogen) atoms. The molecule has 0 bridgehead atoms. The van der Waals surface area contributed by atoms with E-state index in [4.69, 9.17) is 0 Å². The number of hydrogen-bond acceptors (Lipinski definition) is 3. The molecule has 0 aromatic heterocycles. The van der Waals surface area contributed by atoms with Gasteiger partial charge < -0.3 is 4.90 Å². The van der Waals surface area contributed by atoms with Crippen molar-refractivity contribution in [2.75, 3.05) is 19.6 Å². The third-order valence-electron chi connectivity index (χ3n) is 3.53. The van der Waals surface area contributed by atoms with Crippen LogP contribution in [0.15, 0.2) is 27.6 Å². The Kier molecular flexibility index (Phi) is 5.40. The van der Waals surface area contributed by atoms with Crippen molar-refractivity contribution < 1.29 is 13.2 Å². The fourth-order valence-electron chi connectivity index (χ4n) is 2.36. The van der Waals surface area contributed by atoms with E-state index in [-0.39, 0.29) is 23.8 Å². The summed E-state index contributed by atoms with van der Waals surface area (Å²) in [7, 11) is -3.58. The summed E-state index contributed by atoms with van der Waals surface area (Å²) in [4.78, 5) is 13.9. The lowest BCUT2D eigenvalue weighted by Gasteiger charge is -2.15. The van der Waals surface area contributed by atoms with E-state index in [1.807, 2.05) is 0 Å². The highest BCUT2D eigenvalue weighted by molar-refractivity contribution is 9.10. The molecule has 5 nitrogen and oxygen atoms in total. The van der Waals surface area contributed by atoms with E-state index in [9.17, 15) is 13.2 Å². The molecule has 1 amide bonds. The topological polar surface area (TPSA) is 66.5 Å². The van der Waals surface area contributed by atoms with Crippen molar-refractivity contribution in [1.29, 1.82) is 0 Å². The quantitative estimate of drug-likeness (QED) is 0.857. The number of likely N-dealkylation sites (tertiary alicyclic amines) is 1. The van der Waals surface area contributed by atoms with Crippen LogP contribution in [0.1, 0.15) is 24.8 Å². The summed E-state index contributed by atoms with van der Waals surface area (Å²) in [5, 5.41) is 0. The molecule has 2 rings (SSSR count). The van der Waals surface area contributed by atoms with Crippen LogP contribution in [-0.2, 0) is 14.8 Å². The van der Waals surface area contributed by atoms with E-state index in [0.717, 1.165) is 25.9 Å². The summed E-state index contributed by atoms with van der Waals surface area (Å²) in [5.41, 5.74) is 0.677. The molecule has 1 aliphatic heterocycles. The van der Waals surface area contributed by atoms with Crippen molar-refractivity contribution in [3.05, 3.63) is 28.2 Å². The lowest BCUT2D eigenvalue weighted by atomic mass is 10.2. The fourth-order valence-corrected chi connectivity index (χ4v) is 4.17. The molecule has 116 valence electrons. The van der Waals surface area contributed by atoms with Crippen LogP contribution >= 0.6 is 15.9 Å². The minimum absolute atomic E-state index is 0.0150. The number of amides is 1. The molecule has 1 aromatic rings. The molecule has 0 saturated carbocycles. The summed E-state index contributed by atoms with van der Waals surface area (Å²) >= 11 is 3.27. The first-order chi connectivity index (χ1) is 9.90. The van der Waals surface area contributed by atoms with E-state index >= 15 is 0 Å². The molecule has 0 radical (unpaired) electrons. The predicted octanol–water partition coefficient (Wildman–Crippen LogP) is 2.05. The first-order valence-electron chi connectivity index (χ1n) is 6.94. The average molecular weight is 375 g/mol. The molecule has 1 aromatic carbocycles. The number of aryl methyl sites for hydroxylation is 1. The molecular formula is C14H19BrN2O3S. The van der Waals surface area contributed by atoms with Crippen molar-refractivity contribution in [2.24, 2.45) is 0 Å². The molecule has 1 heterocycles. The number of carbonyl (C=O) groups is 1. The van der Waals surface area contributed by atoms with E-state index in [1.165, 1.54) is 0 Å². The Bertz CT molecular complexity index is 625. The van der Waals surface area contributed by atoms with E-state index in [2.05, 4.69) is 20.7 Å². The summed E-state index contributed by atoms with van der Waals surface area (Å²) in [6, 6.07) is 5.11. The Morgan fingerprint density at radius 3 is 2.67 bits per heavy atom. The molecule has 0 unspecified atom stereocenters. The molecule has 1 N–H and O–H groups in total. The number of halogens is 1. The van der Waals surface area contributed by atoms with Gasteiger partial charge in [0.2, 0.25) is 15.9 Å². The zero-order valence-electron chi connectivity index (χ0n) is 11.9. The van der Waals surface area contributed by atoms with Gasteiger partial charge in [-0.1, -0.05) is 22.0 Å². The molecule has 1 saturated heterocycles. The van der Waals surface area contributed by atoms with Crippen molar-refractivity contribution in [3.63, 3.8) is 0 Å². The van der Waals surface area contributed by atoms with Crippen LogP contribution in [0, 0.1) is 6.92 Å². The first kappa shape index (κ1) is 16.5. The zero-order valence-corrected chi connectivity index (χ0v) is 14.3. The van der Waals surface area contributed by atoms with Gasteiger partial charge in [0.1, 0.15) is 0 Å². The minimum atomic E-state index is -3.58. The molecular weight excluding hydrogens is 356 g/mol. The van der Waals surface area contributed by atoms with Crippen LogP contribution in [0.25, 0.3) is 0 Å². The lowest BCUT2D eigenvalue weighted by molar-refractivity contribution is -0.129. The average Bonchev–Trinajstić information content (AvgIpc) is 2.95. The molecule has 1 fully saturated rings. The monoisotopic (exact) mass is 374 g/mol. The number of benzene rings is 1. The maximum absolute atomic E-state index is 12.3. The highest BCUT2D eigenvalue weighted by Crippen LogP contribution is 2.20. The van der Waals surface area contributed by atoms with Crippen molar-refractivity contribution in [3.8, 4) is 0 Å². The van der Waals surface area contributed by atoms with Gasteiger partial charge in [-0.2, -0.15) is 0 Å². The van der Waals surface area contributed by atoms with Crippen molar-refractivity contribution >= 4 is 31.9 Å². The smallest absolute Gasteiger partial charge is 0.240 e.